The van der Waals surface area contributed by atoms with Crippen molar-refractivity contribution in [3.8, 4) is 0 Å². The van der Waals surface area contributed by atoms with Gasteiger partial charge in [-0.15, -0.1) is 12.4 Å². The van der Waals surface area contributed by atoms with Gasteiger partial charge < -0.3 is 10.6 Å². The minimum absolute atomic E-state index is 0. The molecule has 124 valence electrons. The maximum absolute atomic E-state index is 11.8. The van der Waals surface area contributed by atoms with Gasteiger partial charge in [0.1, 0.15) is 0 Å². The molecule has 2 aromatic rings. The van der Waals surface area contributed by atoms with Gasteiger partial charge in [-0.05, 0) is 42.3 Å². The molecule has 0 saturated heterocycles. The van der Waals surface area contributed by atoms with E-state index in [1.807, 2.05) is 19.1 Å². The Morgan fingerprint density at radius 3 is 2.42 bits per heavy atom. The zero-order chi connectivity index (χ0) is 15.8. The molecule has 0 aliphatic carbocycles. The van der Waals surface area contributed by atoms with E-state index >= 15 is 0 Å². The smallest absolute Gasteiger partial charge is 0.319 e. The van der Waals surface area contributed by atoms with Crippen LogP contribution in [0, 0.1) is 0 Å². The summed E-state index contributed by atoms with van der Waals surface area (Å²) in [6.07, 6.45) is 4.76. The topological polar surface area (TPSA) is 71.1 Å². The van der Waals surface area contributed by atoms with Crippen LogP contribution in [0.3, 0.4) is 0 Å². The molecule has 0 aliphatic heterocycles. The zero-order valence-electron chi connectivity index (χ0n) is 13.6. The molecule has 2 N–H and O–H groups in total. The van der Waals surface area contributed by atoms with Crippen molar-refractivity contribution >= 4 is 29.9 Å². The molecule has 1 aromatic heterocycles. The van der Waals surface area contributed by atoms with Crippen molar-refractivity contribution in [3.63, 3.8) is 0 Å². The predicted molar refractivity (Wildman–Crippen MR) is 93.0 cm³/mol. The maximum atomic E-state index is 11.8. The van der Waals surface area contributed by atoms with Crippen molar-refractivity contribution in [2.45, 2.75) is 26.3 Å². The number of carbonyl (C=O) groups is 2. The summed E-state index contributed by atoms with van der Waals surface area (Å²) in [4.78, 5) is 27.5. The number of urea groups is 1. The van der Waals surface area contributed by atoms with Crippen molar-refractivity contribution in [1.82, 2.24) is 10.3 Å². The molecule has 2 rings (SSSR count). The number of benzene rings is 1. The number of rotatable bonds is 6. The molecular weight excluding hydrogens is 379 g/mol. The summed E-state index contributed by atoms with van der Waals surface area (Å²) >= 11 is 0. The van der Waals surface area contributed by atoms with Crippen LogP contribution in [0.25, 0.3) is 0 Å². The molecule has 0 bridgehead atoms. The Morgan fingerprint density at radius 2 is 1.83 bits per heavy atom. The first-order valence-corrected chi connectivity index (χ1v) is 7.26. The second-order valence-corrected chi connectivity index (χ2v) is 4.92. The van der Waals surface area contributed by atoms with E-state index in [0.29, 0.717) is 24.2 Å². The number of pyridine rings is 1. The molecular formula is C17H20ClN3O2Zn. The van der Waals surface area contributed by atoms with Gasteiger partial charge in [-0.2, -0.15) is 0 Å². The first-order chi connectivity index (χ1) is 10.7. The zero-order valence-corrected chi connectivity index (χ0v) is 17.4. The number of halogens is 1. The molecule has 7 heteroatoms. The van der Waals surface area contributed by atoms with E-state index in [1.165, 1.54) is 0 Å². The first kappa shape index (κ1) is 22.2. The third kappa shape index (κ3) is 7.20. The van der Waals surface area contributed by atoms with Gasteiger partial charge in [-0.1, -0.05) is 13.0 Å². The molecule has 1 aromatic carbocycles. The van der Waals surface area contributed by atoms with E-state index < -0.39 is 0 Å². The van der Waals surface area contributed by atoms with Gasteiger partial charge >= 0.3 is 6.03 Å². The fourth-order valence-corrected chi connectivity index (χ4v) is 1.97. The monoisotopic (exact) mass is 397 g/mol. The average Bonchev–Trinajstić information content (AvgIpc) is 2.55. The van der Waals surface area contributed by atoms with Crippen LogP contribution >= 0.6 is 12.4 Å². The summed E-state index contributed by atoms with van der Waals surface area (Å²) in [5, 5.41) is 5.48. The number of hydrogen-bond donors (Lipinski definition) is 2. The summed E-state index contributed by atoms with van der Waals surface area (Å²) < 4.78 is 0. The summed E-state index contributed by atoms with van der Waals surface area (Å²) in [6, 6.07) is 10.3. The molecule has 0 atom stereocenters. The Bertz CT molecular complexity index is 636. The van der Waals surface area contributed by atoms with Gasteiger partial charge in [0.05, 0.1) is 0 Å². The van der Waals surface area contributed by atoms with Crippen LogP contribution in [0.1, 0.15) is 35.7 Å². The van der Waals surface area contributed by atoms with E-state index in [9.17, 15) is 9.59 Å². The van der Waals surface area contributed by atoms with Gasteiger partial charge in [0.15, 0.2) is 5.78 Å². The Kier molecular flexibility index (Phi) is 10.8. The number of amides is 2. The minimum Gasteiger partial charge on any atom is -0.334 e. The molecule has 5 nitrogen and oxygen atoms in total. The largest absolute Gasteiger partial charge is 0.334 e. The standard InChI is InChI=1S/C17H19N3O2.ClH.Zn/c1-2-4-16(21)14-6-8-15(9-7-14)20-17(22)19-12-13-5-3-10-18-11-13;;/h3,5-11H,2,4,12H2,1H3,(H2,19,20,22);1H;. The van der Waals surface area contributed by atoms with Crippen molar-refractivity contribution in [2.75, 3.05) is 5.32 Å². The number of nitrogens with one attached hydrogen (secondary N) is 2. The van der Waals surface area contributed by atoms with Crippen molar-refractivity contribution in [2.24, 2.45) is 0 Å². The molecule has 0 saturated carbocycles. The molecule has 0 spiro atoms. The predicted octanol–water partition coefficient (Wildman–Crippen LogP) is 3.81. The van der Waals surface area contributed by atoms with Gasteiger partial charge in [0, 0.05) is 56.1 Å². The first-order valence-electron chi connectivity index (χ1n) is 7.26. The third-order valence-corrected chi connectivity index (χ3v) is 3.12. The Hall–Kier alpha value is -1.78. The second kappa shape index (κ2) is 11.7. The van der Waals surface area contributed by atoms with Gasteiger partial charge in [0.25, 0.3) is 0 Å². The molecule has 2 amide bonds. The van der Waals surface area contributed by atoms with E-state index in [0.717, 1.165) is 12.0 Å². The van der Waals surface area contributed by atoms with Crippen LogP contribution in [0.4, 0.5) is 10.5 Å². The molecule has 0 unspecified atom stereocenters. The summed E-state index contributed by atoms with van der Waals surface area (Å²) in [5.41, 5.74) is 2.25. The van der Waals surface area contributed by atoms with Crippen molar-refractivity contribution < 1.29 is 29.1 Å². The fraction of sp³-hybridized carbons (Fsp3) is 0.235. The molecule has 0 radical (unpaired) electrons. The number of carbonyl (C=O) groups excluding carboxylic acids is 2. The number of aromatic nitrogens is 1. The maximum Gasteiger partial charge on any atom is 0.319 e. The van der Waals surface area contributed by atoms with Gasteiger partial charge in [0.2, 0.25) is 0 Å². The average molecular weight is 399 g/mol. The Morgan fingerprint density at radius 1 is 1.12 bits per heavy atom. The van der Waals surface area contributed by atoms with Gasteiger partial charge in [-0.3, -0.25) is 9.78 Å². The quantitative estimate of drug-likeness (QED) is 0.574. The number of ketones is 1. The van der Waals surface area contributed by atoms with Crippen molar-refractivity contribution in [1.29, 1.82) is 0 Å². The normalized spacial score (nSPS) is 9.21. The summed E-state index contributed by atoms with van der Waals surface area (Å²) in [5.74, 6) is 0.120. The minimum atomic E-state index is -0.295. The summed E-state index contributed by atoms with van der Waals surface area (Å²) in [6.45, 7) is 2.38. The van der Waals surface area contributed by atoms with E-state index in [4.69, 9.17) is 0 Å². The number of anilines is 1. The molecule has 24 heavy (non-hydrogen) atoms. The number of Topliss-reactive ketones (excluding diaryl/α,β-unsaturated/α-hetero) is 1. The molecule has 1 heterocycles. The number of hydrogen-bond acceptors (Lipinski definition) is 3. The Labute approximate surface area is 160 Å². The van der Waals surface area contributed by atoms with Crippen LogP contribution in [0.15, 0.2) is 48.8 Å². The van der Waals surface area contributed by atoms with Crippen molar-refractivity contribution in [3.05, 3.63) is 59.9 Å². The Balaban J connectivity index is 0.00000264. The fourth-order valence-electron chi connectivity index (χ4n) is 1.97. The summed E-state index contributed by atoms with van der Waals surface area (Å²) in [7, 11) is 0. The van der Waals surface area contributed by atoms with Crippen LogP contribution in [0.2, 0.25) is 0 Å². The molecule has 0 aliphatic rings. The third-order valence-electron chi connectivity index (χ3n) is 3.12. The van der Waals surface area contributed by atoms with E-state index in [2.05, 4.69) is 15.6 Å². The van der Waals surface area contributed by atoms with Crippen LogP contribution in [-0.2, 0) is 26.0 Å². The van der Waals surface area contributed by atoms with Crippen LogP contribution < -0.4 is 10.6 Å². The second-order valence-electron chi connectivity index (χ2n) is 4.92. The van der Waals surface area contributed by atoms with E-state index in [1.54, 1.807) is 36.7 Å². The number of nitrogens with zero attached hydrogens (tertiary/aromatic N) is 1. The van der Waals surface area contributed by atoms with E-state index in [-0.39, 0.29) is 43.7 Å². The van der Waals surface area contributed by atoms with Crippen LogP contribution in [-0.4, -0.2) is 16.8 Å². The van der Waals surface area contributed by atoms with Gasteiger partial charge in [-0.25, -0.2) is 4.79 Å². The van der Waals surface area contributed by atoms with Crippen LogP contribution in [0.5, 0.6) is 0 Å². The molecule has 0 fully saturated rings. The SMILES string of the molecule is CCCC(=O)c1ccc(NC(=O)NCc2cccnc2)cc1.Cl.[Zn].